The van der Waals surface area contributed by atoms with E-state index in [1.54, 1.807) is 4.90 Å². The lowest BCUT2D eigenvalue weighted by Crippen LogP contribution is -2.54. The number of hydrogen-bond acceptors (Lipinski definition) is 3. The summed E-state index contributed by atoms with van der Waals surface area (Å²) >= 11 is 0. The van der Waals surface area contributed by atoms with Crippen molar-refractivity contribution >= 4 is 17.7 Å². The smallest absolute Gasteiger partial charge is 0.354 e. The Kier molecular flexibility index (Phi) is 9.09. The van der Waals surface area contributed by atoms with Crippen LogP contribution in [0.4, 0.5) is 13.2 Å². The minimum absolute atomic E-state index is 0.125. The van der Waals surface area contributed by atoms with Crippen molar-refractivity contribution < 1.29 is 27.6 Å². The fourth-order valence-corrected chi connectivity index (χ4v) is 3.78. The third-order valence-corrected chi connectivity index (χ3v) is 5.50. The van der Waals surface area contributed by atoms with Gasteiger partial charge in [-0.3, -0.25) is 14.4 Å². The molecule has 0 spiro atoms. The van der Waals surface area contributed by atoms with Crippen molar-refractivity contribution in [2.24, 2.45) is 11.8 Å². The number of carbonyl (C=O) groups is 3. The summed E-state index contributed by atoms with van der Waals surface area (Å²) in [7, 11) is 0. The Morgan fingerprint density at radius 1 is 1.09 bits per heavy atom. The van der Waals surface area contributed by atoms with E-state index < -0.39 is 17.8 Å². The summed E-state index contributed by atoms with van der Waals surface area (Å²) < 4.78 is 38.2. The summed E-state index contributed by atoms with van der Waals surface area (Å²) in [6.07, 6.45) is -2.33. The Hall–Kier alpha value is -2.58. The quantitative estimate of drug-likeness (QED) is 0.629. The van der Waals surface area contributed by atoms with E-state index in [1.165, 1.54) is 12.1 Å². The number of nitrogens with one attached hydrogen (secondary N) is 2. The lowest BCUT2D eigenvalue weighted by molar-refractivity contribution is -0.137. The third-order valence-electron chi connectivity index (χ3n) is 5.50. The van der Waals surface area contributed by atoms with E-state index in [0.717, 1.165) is 18.6 Å². The third kappa shape index (κ3) is 7.24. The highest BCUT2D eigenvalue weighted by Gasteiger charge is 2.34. The number of rotatable bonds is 8. The van der Waals surface area contributed by atoms with Gasteiger partial charge >= 0.3 is 6.18 Å². The average Bonchev–Trinajstić information content (AvgIpc) is 2.74. The molecule has 9 heteroatoms. The Labute approximate surface area is 186 Å². The van der Waals surface area contributed by atoms with Gasteiger partial charge < -0.3 is 15.5 Å². The first kappa shape index (κ1) is 25.7. The molecule has 1 aromatic carbocycles. The van der Waals surface area contributed by atoms with Gasteiger partial charge in [-0.25, -0.2) is 0 Å². The van der Waals surface area contributed by atoms with Gasteiger partial charge in [0.15, 0.2) is 0 Å². The SMILES string of the molecule is CCCNC(=O)[C@H](NC(=O)CC(C)C)C1CCN(C(=O)c2ccc(C(F)(F)F)cc2)CC1. The molecule has 0 bridgehead atoms. The molecular weight excluding hydrogens is 423 g/mol. The highest BCUT2D eigenvalue weighted by atomic mass is 19.4. The summed E-state index contributed by atoms with van der Waals surface area (Å²) in [5, 5.41) is 5.70. The highest BCUT2D eigenvalue weighted by molar-refractivity contribution is 5.94. The molecule has 1 aliphatic heterocycles. The van der Waals surface area contributed by atoms with Crippen molar-refractivity contribution in [3.63, 3.8) is 0 Å². The molecular formula is C23H32F3N3O3. The zero-order chi connectivity index (χ0) is 23.9. The van der Waals surface area contributed by atoms with Gasteiger partial charge in [0.1, 0.15) is 6.04 Å². The summed E-state index contributed by atoms with van der Waals surface area (Å²) in [6, 6.07) is 3.50. The van der Waals surface area contributed by atoms with Crippen molar-refractivity contribution in [2.45, 2.75) is 58.7 Å². The minimum atomic E-state index is -4.45. The summed E-state index contributed by atoms with van der Waals surface area (Å²) in [5.74, 6) is -0.707. The van der Waals surface area contributed by atoms with Crippen LogP contribution in [0.3, 0.4) is 0 Å². The fourth-order valence-electron chi connectivity index (χ4n) is 3.78. The second kappa shape index (κ2) is 11.3. The molecule has 3 amide bonds. The van der Waals surface area contributed by atoms with Gasteiger partial charge in [-0.2, -0.15) is 13.2 Å². The number of halogens is 3. The zero-order valence-electron chi connectivity index (χ0n) is 18.8. The van der Waals surface area contributed by atoms with E-state index in [1.807, 2.05) is 20.8 Å². The molecule has 178 valence electrons. The van der Waals surface area contributed by atoms with Crippen LogP contribution in [0.15, 0.2) is 24.3 Å². The van der Waals surface area contributed by atoms with Crippen LogP contribution < -0.4 is 10.6 Å². The van der Waals surface area contributed by atoms with Crippen LogP contribution in [0.1, 0.15) is 62.4 Å². The standard InChI is InChI=1S/C23H32F3N3O3/c1-4-11-27-21(31)20(28-19(30)14-15(2)3)16-9-12-29(13-10-16)22(32)17-5-7-18(8-6-17)23(24,25)26/h5-8,15-16,20H,4,9-14H2,1-3H3,(H,27,31)(H,28,30)/t20-/m1/s1. The van der Waals surface area contributed by atoms with Crippen molar-refractivity contribution in [1.29, 1.82) is 0 Å². The Morgan fingerprint density at radius 3 is 2.19 bits per heavy atom. The van der Waals surface area contributed by atoms with Crippen molar-refractivity contribution in [3.05, 3.63) is 35.4 Å². The molecule has 0 aromatic heterocycles. The van der Waals surface area contributed by atoms with Gasteiger partial charge in [-0.05, 0) is 55.4 Å². The monoisotopic (exact) mass is 455 g/mol. The van der Waals surface area contributed by atoms with Crippen molar-refractivity contribution in [2.75, 3.05) is 19.6 Å². The van der Waals surface area contributed by atoms with Crippen molar-refractivity contribution in [3.8, 4) is 0 Å². The molecule has 0 unspecified atom stereocenters. The fraction of sp³-hybridized carbons (Fsp3) is 0.609. The molecule has 0 radical (unpaired) electrons. The number of likely N-dealkylation sites (tertiary alicyclic amines) is 1. The first-order valence-electron chi connectivity index (χ1n) is 11.1. The second-order valence-electron chi connectivity index (χ2n) is 8.64. The second-order valence-corrected chi connectivity index (χ2v) is 8.64. The molecule has 1 atom stereocenters. The number of nitrogens with zero attached hydrogens (tertiary/aromatic N) is 1. The van der Waals surface area contributed by atoms with E-state index in [4.69, 9.17) is 0 Å². The lowest BCUT2D eigenvalue weighted by Gasteiger charge is -2.36. The molecule has 2 rings (SSSR count). The maximum atomic E-state index is 12.7. The van der Waals surface area contributed by atoms with Crippen LogP contribution in [-0.2, 0) is 15.8 Å². The molecule has 1 aromatic rings. The number of amides is 3. The van der Waals surface area contributed by atoms with Gasteiger partial charge in [0.2, 0.25) is 11.8 Å². The minimum Gasteiger partial charge on any atom is -0.354 e. The van der Waals surface area contributed by atoms with Crippen LogP contribution in [0, 0.1) is 11.8 Å². The van der Waals surface area contributed by atoms with Gasteiger partial charge in [-0.1, -0.05) is 20.8 Å². The molecule has 32 heavy (non-hydrogen) atoms. The van der Waals surface area contributed by atoms with E-state index in [2.05, 4.69) is 10.6 Å². The molecule has 0 aliphatic carbocycles. The van der Waals surface area contributed by atoms with E-state index >= 15 is 0 Å². The molecule has 1 heterocycles. The predicted molar refractivity (Wildman–Crippen MR) is 115 cm³/mol. The summed E-state index contributed by atoms with van der Waals surface area (Å²) in [6.45, 7) is 7.04. The molecule has 0 saturated carbocycles. The normalized spacial score (nSPS) is 16.0. The van der Waals surface area contributed by atoms with Crippen LogP contribution in [-0.4, -0.2) is 48.3 Å². The maximum Gasteiger partial charge on any atom is 0.416 e. The van der Waals surface area contributed by atoms with Gasteiger partial charge in [0.25, 0.3) is 5.91 Å². The first-order valence-corrected chi connectivity index (χ1v) is 11.1. The van der Waals surface area contributed by atoms with Crippen molar-refractivity contribution in [1.82, 2.24) is 15.5 Å². The van der Waals surface area contributed by atoms with E-state index in [9.17, 15) is 27.6 Å². The van der Waals surface area contributed by atoms with Gasteiger partial charge in [-0.15, -0.1) is 0 Å². The van der Waals surface area contributed by atoms with Gasteiger partial charge in [0.05, 0.1) is 5.56 Å². The highest BCUT2D eigenvalue weighted by Crippen LogP contribution is 2.29. The van der Waals surface area contributed by atoms with E-state index in [0.29, 0.717) is 38.9 Å². The number of piperidine rings is 1. The van der Waals surface area contributed by atoms with Crippen LogP contribution >= 0.6 is 0 Å². The number of benzene rings is 1. The molecule has 6 nitrogen and oxygen atoms in total. The molecule has 1 saturated heterocycles. The number of hydrogen-bond donors (Lipinski definition) is 2. The predicted octanol–water partition coefficient (Wildman–Crippen LogP) is 3.61. The Balaban J connectivity index is 2.02. The number of alkyl halides is 3. The van der Waals surface area contributed by atoms with Crippen LogP contribution in [0.2, 0.25) is 0 Å². The number of carbonyl (C=O) groups excluding carboxylic acids is 3. The molecule has 2 N–H and O–H groups in total. The van der Waals surface area contributed by atoms with Gasteiger partial charge in [0, 0.05) is 31.6 Å². The zero-order valence-corrected chi connectivity index (χ0v) is 18.8. The summed E-state index contributed by atoms with van der Waals surface area (Å²) in [5.41, 5.74) is -0.607. The molecule has 1 aliphatic rings. The Morgan fingerprint density at radius 2 is 1.69 bits per heavy atom. The largest absolute Gasteiger partial charge is 0.416 e. The lowest BCUT2D eigenvalue weighted by atomic mass is 9.88. The topological polar surface area (TPSA) is 78.5 Å². The Bertz CT molecular complexity index is 786. The van der Waals surface area contributed by atoms with Crippen LogP contribution in [0.5, 0.6) is 0 Å². The summed E-state index contributed by atoms with van der Waals surface area (Å²) in [4.78, 5) is 39.3. The average molecular weight is 456 g/mol. The maximum absolute atomic E-state index is 12.7. The van der Waals surface area contributed by atoms with Crippen LogP contribution in [0.25, 0.3) is 0 Å². The van der Waals surface area contributed by atoms with E-state index in [-0.39, 0.29) is 35.1 Å². The molecule has 1 fully saturated rings. The first-order chi connectivity index (χ1) is 15.0.